The van der Waals surface area contributed by atoms with Crippen LogP contribution in [0.25, 0.3) is 0 Å². The zero-order valence-electron chi connectivity index (χ0n) is 36.5. The number of amides is 2. The van der Waals surface area contributed by atoms with Crippen molar-refractivity contribution in [2.75, 3.05) is 54.1 Å². The first-order valence-electron chi connectivity index (χ1n) is 22.2. The summed E-state index contributed by atoms with van der Waals surface area (Å²) in [7, 11) is 5.93. The van der Waals surface area contributed by atoms with Gasteiger partial charge in [0, 0.05) is 50.0 Å². The lowest BCUT2D eigenvalue weighted by Crippen LogP contribution is -2.62. The Morgan fingerprint density at radius 3 is 2.38 bits per heavy atom. The predicted molar refractivity (Wildman–Crippen MR) is 216 cm³/mol. The van der Waals surface area contributed by atoms with Crippen molar-refractivity contribution in [3.8, 4) is 0 Å². The monoisotopic (exact) mass is 791 g/mol. The number of hydrogen-bond donors (Lipinski definition) is 3. The van der Waals surface area contributed by atoms with Crippen molar-refractivity contribution in [2.24, 2.45) is 58.7 Å². The van der Waals surface area contributed by atoms with Gasteiger partial charge in [0.25, 0.3) is 0 Å². The SMILES string of the molecule is CCOC(=O)COC[C@@H]1ON(CC2CCCC(C3CCCC(C(=O)N[C@H](CC(C)C)CN(C)C)C3)C2OC)[C@@H](C(=O)N[C@H]2C[C@H]3C[C@@H]([C@@H]2C)C3(C)C)[C@@H]1[C@H](C)O. The normalized spacial score (nSPS) is 36.8. The first-order valence-corrected chi connectivity index (χ1v) is 22.2. The number of ether oxygens (including phenoxy) is 3. The Hall–Kier alpha value is -1.83. The summed E-state index contributed by atoms with van der Waals surface area (Å²) in [6, 6.07) is -0.523. The number of nitrogens with one attached hydrogen (secondary N) is 2. The lowest BCUT2D eigenvalue weighted by molar-refractivity contribution is -0.196. The van der Waals surface area contributed by atoms with Crippen LogP contribution in [0.5, 0.6) is 0 Å². The molecule has 6 fully saturated rings. The van der Waals surface area contributed by atoms with E-state index < -0.39 is 30.1 Å². The number of hydrogen-bond acceptors (Lipinski definition) is 10. The molecule has 0 aromatic rings. The number of fused-ring (bicyclic) bond motifs is 2. The number of likely N-dealkylation sites (N-methyl/N-ethyl adjacent to an activating group) is 1. The minimum absolute atomic E-state index is 0.000550. The highest BCUT2D eigenvalue weighted by Gasteiger charge is 2.58. The number of rotatable bonds is 18. The summed E-state index contributed by atoms with van der Waals surface area (Å²) < 4.78 is 17.2. The molecule has 1 saturated heterocycles. The van der Waals surface area contributed by atoms with Crippen molar-refractivity contribution in [3.05, 3.63) is 0 Å². The number of carbonyl (C=O) groups is 3. The standard InChI is InChI=1S/C44H78N4O8/c1-11-55-38(50)25-54-24-37-39(28(5)49)40(43(52)46-36-21-32-20-35(27(36)4)44(32,6)7)48(56-37)22-31-16-13-17-34(41(31)53-10)29-14-12-15-30(19-29)42(51)45-33(18-26(2)3)23-47(8)9/h26-37,39-41,49H,11-25H2,1-10H3,(H,45,51)(H,46,52)/t27-,28-,29?,30?,31?,32+,33+,34?,35-,36-,37-,39+,40+,41?/m0/s1. The van der Waals surface area contributed by atoms with Crippen LogP contribution in [0.4, 0.5) is 0 Å². The summed E-state index contributed by atoms with van der Waals surface area (Å²) in [4.78, 5) is 49.2. The molecule has 14 atom stereocenters. The maximum absolute atomic E-state index is 14.5. The van der Waals surface area contributed by atoms with Gasteiger partial charge in [-0.15, -0.1) is 0 Å². The molecule has 1 aliphatic heterocycles. The maximum atomic E-state index is 14.5. The van der Waals surface area contributed by atoms with Gasteiger partial charge in [-0.1, -0.05) is 53.9 Å². The van der Waals surface area contributed by atoms with E-state index in [1.807, 2.05) is 5.06 Å². The van der Waals surface area contributed by atoms with Crippen molar-refractivity contribution in [1.82, 2.24) is 20.6 Å². The fraction of sp³-hybridized carbons (Fsp3) is 0.932. The van der Waals surface area contributed by atoms with Crippen molar-refractivity contribution in [3.63, 3.8) is 0 Å². The molecule has 12 heteroatoms. The number of aliphatic hydroxyl groups is 1. The third-order valence-corrected chi connectivity index (χ3v) is 14.8. The number of nitrogens with zero attached hydrogens (tertiary/aromatic N) is 2. The van der Waals surface area contributed by atoms with Crippen molar-refractivity contribution >= 4 is 17.8 Å². The van der Waals surface area contributed by atoms with Crippen LogP contribution in [0, 0.1) is 58.7 Å². The van der Waals surface area contributed by atoms with Crippen LogP contribution in [-0.2, 0) is 33.4 Å². The first-order chi connectivity index (χ1) is 26.5. The fourth-order valence-corrected chi connectivity index (χ4v) is 11.9. The number of esters is 1. The molecule has 322 valence electrons. The highest BCUT2D eigenvalue weighted by molar-refractivity contribution is 5.83. The Balaban J connectivity index is 1.30. The minimum Gasteiger partial charge on any atom is -0.464 e. The molecule has 3 N–H and O–H groups in total. The largest absolute Gasteiger partial charge is 0.464 e. The Kier molecular flexibility index (Phi) is 16.1. The third-order valence-electron chi connectivity index (χ3n) is 14.8. The van der Waals surface area contributed by atoms with E-state index in [1.54, 1.807) is 21.0 Å². The van der Waals surface area contributed by atoms with E-state index in [1.165, 1.54) is 6.42 Å². The fourth-order valence-electron chi connectivity index (χ4n) is 11.9. The smallest absolute Gasteiger partial charge is 0.332 e. The molecule has 6 rings (SSSR count). The van der Waals surface area contributed by atoms with Gasteiger partial charge in [-0.25, -0.2) is 4.79 Å². The summed E-state index contributed by atoms with van der Waals surface area (Å²) in [5.74, 6) is 1.84. The van der Waals surface area contributed by atoms with E-state index in [2.05, 4.69) is 64.2 Å². The number of aliphatic hydroxyl groups excluding tert-OH is 1. The van der Waals surface area contributed by atoms with Gasteiger partial charge in [-0.2, -0.15) is 5.06 Å². The summed E-state index contributed by atoms with van der Waals surface area (Å²) >= 11 is 0. The number of carbonyl (C=O) groups excluding carboxylic acids is 3. The highest BCUT2D eigenvalue weighted by atomic mass is 16.7. The van der Waals surface area contributed by atoms with Crippen LogP contribution in [0.3, 0.4) is 0 Å². The number of methoxy groups -OCH3 is 1. The Labute approximate surface area is 338 Å². The van der Waals surface area contributed by atoms with Crippen molar-refractivity contribution < 1.29 is 38.5 Å². The molecular weight excluding hydrogens is 713 g/mol. The van der Waals surface area contributed by atoms with Crippen molar-refractivity contribution in [1.29, 1.82) is 0 Å². The second-order valence-electron chi connectivity index (χ2n) is 19.7. The maximum Gasteiger partial charge on any atom is 0.332 e. The molecule has 0 aromatic carbocycles. The van der Waals surface area contributed by atoms with E-state index in [4.69, 9.17) is 19.0 Å². The molecule has 5 saturated carbocycles. The summed E-state index contributed by atoms with van der Waals surface area (Å²) in [5, 5.41) is 20.0. The van der Waals surface area contributed by atoms with Crippen LogP contribution in [0.2, 0.25) is 0 Å². The van der Waals surface area contributed by atoms with Crippen LogP contribution in [0.15, 0.2) is 0 Å². The van der Waals surface area contributed by atoms with E-state index in [0.717, 1.165) is 64.3 Å². The first kappa shape index (κ1) is 45.3. The molecule has 6 aliphatic rings. The van der Waals surface area contributed by atoms with E-state index in [-0.39, 0.29) is 61.7 Å². The second-order valence-corrected chi connectivity index (χ2v) is 19.7. The Bertz CT molecular complexity index is 1290. The molecular formula is C44H78N4O8. The molecule has 0 aromatic heterocycles. The van der Waals surface area contributed by atoms with Crippen molar-refractivity contribution in [2.45, 2.75) is 149 Å². The molecule has 0 spiro atoms. The molecule has 5 unspecified atom stereocenters. The van der Waals surface area contributed by atoms with Crippen LogP contribution < -0.4 is 10.6 Å². The lowest BCUT2D eigenvalue weighted by Gasteiger charge is -2.62. The van der Waals surface area contributed by atoms with E-state index in [9.17, 15) is 19.5 Å². The Morgan fingerprint density at radius 2 is 1.75 bits per heavy atom. The van der Waals surface area contributed by atoms with Gasteiger partial charge in [0.1, 0.15) is 18.8 Å². The van der Waals surface area contributed by atoms with Crippen LogP contribution in [0.1, 0.15) is 113 Å². The quantitative estimate of drug-likeness (QED) is 0.162. The summed E-state index contributed by atoms with van der Waals surface area (Å²) in [6.07, 6.45) is 8.53. The van der Waals surface area contributed by atoms with Gasteiger partial charge in [0.05, 0.1) is 25.4 Å². The van der Waals surface area contributed by atoms with Gasteiger partial charge >= 0.3 is 5.97 Å². The second kappa shape index (κ2) is 19.9. The topological polar surface area (TPSA) is 139 Å². The molecule has 2 bridgehead atoms. The number of hydroxylamine groups is 2. The molecule has 5 aliphatic carbocycles. The predicted octanol–water partition coefficient (Wildman–Crippen LogP) is 5.06. The highest BCUT2D eigenvalue weighted by Crippen LogP contribution is 2.61. The summed E-state index contributed by atoms with van der Waals surface area (Å²) in [6.45, 7) is 16.3. The lowest BCUT2D eigenvalue weighted by atomic mass is 9.45. The Morgan fingerprint density at radius 1 is 1.02 bits per heavy atom. The molecule has 56 heavy (non-hydrogen) atoms. The molecule has 12 nitrogen and oxygen atoms in total. The van der Waals surface area contributed by atoms with Gasteiger partial charge < -0.3 is 34.9 Å². The van der Waals surface area contributed by atoms with Gasteiger partial charge in [0.15, 0.2) is 0 Å². The molecule has 0 radical (unpaired) electrons. The minimum atomic E-state index is -0.858. The van der Waals surface area contributed by atoms with Crippen LogP contribution in [-0.4, -0.2) is 123 Å². The average Bonchev–Trinajstić information content (AvgIpc) is 3.49. The zero-order valence-corrected chi connectivity index (χ0v) is 36.5. The van der Waals surface area contributed by atoms with E-state index >= 15 is 0 Å². The van der Waals surface area contributed by atoms with Gasteiger partial charge in [-0.3, -0.25) is 14.4 Å². The van der Waals surface area contributed by atoms with Gasteiger partial charge in [-0.05, 0) is 114 Å². The zero-order chi connectivity index (χ0) is 40.9. The molecule has 1 heterocycles. The summed E-state index contributed by atoms with van der Waals surface area (Å²) in [5.41, 5.74) is 0.295. The van der Waals surface area contributed by atoms with E-state index in [0.29, 0.717) is 47.5 Å². The molecule has 2 amide bonds. The van der Waals surface area contributed by atoms with Crippen LogP contribution >= 0.6 is 0 Å². The third kappa shape index (κ3) is 10.7. The van der Waals surface area contributed by atoms with Gasteiger partial charge in [0.2, 0.25) is 11.8 Å². The average molecular weight is 791 g/mol.